The van der Waals surface area contributed by atoms with Crippen LogP contribution in [0, 0.1) is 0 Å². The molecule has 1 heterocycles. The van der Waals surface area contributed by atoms with E-state index in [2.05, 4.69) is 25.2 Å². The molecule has 112 valence electrons. The van der Waals surface area contributed by atoms with Crippen LogP contribution in [0.5, 0.6) is 0 Å². The molecule has 0 aliphatic heterocycles. The lowest BCUT2D eigenvalue weighted by molar-refractivity contribution is 0.101. The van der Waals surface area contributed by atoms with Crippen molar-refractivity contribution in [2.45, 2.75) is 18.2 Å². The van der Waals surface area contributed by atoms with Gasteiger partial charge in [0.15, 0.2) is 0 Å². The zero-order chi connectivity index (χ0) is 15.5. The number of aromatic nitrogens is 3. The molecule has 2 rings (SSSR count). The molecule has 21 heavy (non-hydrogen) atoms. The van der Waals surface area contributed by atoms with Crippen LogP contribution in [0.15, 0.2) is 29.2 Å². The minimum Gasteiger partial charge on any atom is -0.318 e. The number of hydrogen-bond donors (Lipinski definition) is 3. The van der Waals surface area contributed by atoms with Crippen molar-refractivity contribution in [1.29, 1.82) is 0 Å². The van der Waals surface area contributed by atoms with Gasteiger partial charge in [0.05, 0.1) is 5.69 Å². The summed E-state index contributed by atoms with van der Waals surface area (Å²) >= 11 is 0. The standard InChI is InChI=1S/C12H15N5O3S/c1-3-10-15-11(17-16-10)12(18)14-8-6-4-5-7-9(8)21(19,20)13-2/h4-7,13H,3H2,1-2H3,(H,14,18)(H,15,16,17). The Morgan fingerprint density at radius 3 is 2.67 bits per heavy atom. The van der Waals surface area contributed by atoms with E-state index in [1.807, 2.05) is 6.92 Å². The number of rotatable bonds is 5. The molecule has 0 saturated heterocycles. The summed E-state index contributed by atoms with van der Waals surface area (Å²) in [6.07, 6.45) is 0.616. The van der Waals surface area contributed by atoms with E-state index in [0.29, 0.717) is 12.2 Å². The lowest BCUT2D eigenvalue weighted by Gasteiger charge is -2.09. The van der Waals surface area contributed by atoms with Crippen LogP contribution in [0.3, 0.4) is 0 Å². The number of nitrogens with one attached hydrogen (secondary N) is 3. The van der Waals surface area contributed by atoms with E-state index in [1.54, 1.807) is 12.1 Å². The molecule has 9 heteroatoms. The summed E-state index contributed by atoms with van der Waals surface area (Å²) in [6.45, 7) is 1.87. The van der Waals surface area contributed by atoms with Gasteiger partial charge in [0.25, 0.3) is 5.91 Å². The molecule has 2 aromatic rings. The summed E-state index contributed by atoms with van der Waals surface area (Å²) < 4.78 is 26.0. The third-order valence-corrected chi connectivity index (χ3v) is 4.24. The second-order valence-corrected chi connectivity index (χ2v) is 5.97. The van der Waals surface area contributed by atoms with Crippen molar-refractivity contribution in [2.24, 2.45) is 0 Å². The van der Waals surface area contributed by atoms with Crippen molar-refractivity contribution in [3.05, 3.63) is 35.9 Å². The van der Waals surface area contributed by atoms with Crippen molar-refractivity contribution in [1.82, 2.24) is 19.9 Å². The summed E-state index contributed by atoms with van der Waals surface area (Å²) in [5.74, 6) is -0.0375. The first-order valence-corrected chi connectivity index (χ1v) is 7.71. The van der Waals surface area contributed by atoms with Gasteiger partial charge in [-0.2, -0.15) is 0 Å². The third-order valence-electron chi connectivity index (χ3n) is 2.76. The molecule has 0 radical (unpaired) electrons. The monoisotopic (exact) mass is 309 g/mol. The Hall–Kier alpha value is -2.26. The second kappa shape index (κ2) is 6.02. The Bertz CT molecular complexity index is 754. The number of sulfonamides is 1. The van der Waals surface area contributed by atoms with Gasteiger partial charge in [-0.3, -0.25) is 9.89 Å². The number of carbonyl (C=O) groups is 1. The molecule has 1 aromatic carbocycles. The van der Waals surface area contributed by atoms with Crippen molar-refractivity contribution in [3.63, 3.8) is 0 Å². The lowest BCUT2D eigenvalue weighted by Crippen LogP contribution is -2.22. The first-order valence-electron chi connectivity index (χ1n) is 6.23. The van der Waals surface area contributed by atoms with Gasteiger partial charge in [0, 0.05) is 6.42 Å². The van der Waals surface area contributed by atoms with Gasteiger partial charge in [0.1, 0.15) is 10.7 Å². The number of nitrogens with zero attached hydrogens (tertiary/aromatic N) is 2. The molecule has 3 N–H and O–H groups in total. The number of anilines is 1. The van der Waals surface area contributed by atoms with Crippen molar-refractivity contribution < 1.29 is 13.2 Å². The predicted molar refractivity (Wildman–Crippen MR) is 76.4 cm³/mol. The van der Waals surface area contributed by atoms with Crippen LogP contribution in [-0.4, -0.2) is 36.6 Å². The fourth-order valence-corrected chi connectivity index (χ4v) is 2.53. The molecular weight excluding hydrogens is 294 g/mol. The number of amides is 1. The van der Waals surface area contributed by atoms with Crippen molar-refractivity contribution >= 4 is 21.6 Å². The average Bonchev–Trinajstić information content (AvgIpc) is 2.96. The van der Waals surface area contributed by atoms with Crippen LogP contribution in [0.1, 0.15) is 23.4 Å². The molecule has 0 aliphatic carbocycles. The maximum atomic E-state index is 12.0. The maximum absolute atomic E-state index is 12.0. The predicted octanol–water partition coefficient (Wildman–Crippen LogP) is 0.527. The Balaban J connectivity index is 2.30. The zero-order valence-electron chi connectivity index (χ0n) is 11.5. The third kappa shape index (κ3) is 3.26. The topological polar surface area (TPSA) is 117 Å². The molecule has 0 aliphatic rings. The highest BCUT2D eigenvalue weighted by Crippen LogP contribution is 2.20. The summed E-state index contributed by atoms with van der Waals surface area (Å²) in [7, 11) is -2.37. The van der Waals surface area contributed by atoms with Crippen molar-refractivity contribution in [2.75, 3.05) is 12.4 Å². The average molecular weight is 309 g/mol. The summed E-state index contributed by atoms with van der Waals surface area (Å²) in [6, 6.07) is 6.09. The Kier molecular flexibility index (Phi) is 4.34. The maximum Gasteiger partial charge on any atom is 0.295 e. The van der Waals surface area contributed by atoms with Gasteiger partial charge in [-0.15, -0.1) is 5.10 Å². The van der Waals surface area contributed by atoms with Crippen LogP contribution >= 0.6 is 0 Å². The summed E-state index contributed by atoms with van der Waals surface area (Å²) in [5.41, 5.74) is 0.166. The molecule has 1 amide bonds. The lowest BCUT2D eigenvalue weighted by atomic mass is 10.3. The largest absolute Gasteiger partial charge is 0.318 e. The normalized spacial score (nSPS) is 11.3. The van der Waals surface area contributed by atoms with Crippen LogP contribution in [0.4, 0.5) is 5.69 Å². The van der Waals surface area contributed by atoms with Gasteiger partial charge in [-0.05, 0) is 19.2 Å². The highest BCUT2D eigenvalue weighted by molar-refractivity contribution is 7.89. The summed E-state index contributed by atoms with van der Waals surface area (Å²) in [4.78, 5) is 16.0. The summed E-state index contributed by atoms with van der Waals surface area (Å²) in [5, 5.41) is 8.91. The minimum absolute atomic E-state index is 0.0212. The molecule has 0 spiro atoms. The number of para-hydroxylation sites is 1. The molecule has 0 fully saturated rings. The molecular formula is C12H15N5O3S. The van der Waals surface area contributed by atoms with E-state index in [0.717, 1.165) is 0 Å². The van der Waals surface area contributed by atoms with Crippen LogP contribution < -0.4 is 10.0 Å². The van der Waals surface area contributed by atoms with Gasteiger partial charge in [-0.25, -0.2) is 18.1 Å². The molecule has 0 atom stereocenters. The highest BCUT2D eigenvalue weighted by atomic mass is 32.2. The number of aromatic amines is 1. The number of H-pyrrole nitrogens is 1. The fraction of sp³-hybridized carbons (Fsp3) is 0.250. The van der Waals surface area contributed by atoms with E-state index in [9.17, 15) is 13.2 Å². The first kappa shape index (κ1) is 15.1. The number of carbonyl (C=O) groups excluding carboxylic acids is 1. The molecule has 0 unspecified atom stereocenters. The number of aryl methyl sites for hydroxylation is 1. The van der Waals surface area contributed by atoms with E-state index in [-0.39, 0.29) is 16.4 Å². The van der Waals surface area contributed by atoms with Gasteiger partial charge >= 0.3 is 0 Å². The second-order valence-electron chi connectivity index (χ2n) is 4.12. The zero-order valence-corrected chi connectivity index (χ0v) is 12.4. The molecule has 1 aromatic heterocycles. The molecule has 0 bridgehead atoms. The van der Waals surface area contributed by atoms with Crippen LogP contribution in [0.25, 0.3) is 0 Å². The number of hydrogen-bond acceptors (Lipinski definition) is 5. The minimum atomic E-state index is -3.67. The molecule has 8 nitrogen and oxygen atoms in total. The van der Waals surface area contributed by atoms with E-state index < -0.39 is 15.9 Å². The van der Waals surface area contributed by atoms with Crippen molar-refractivity contribution in [3.8, 4) is 0 Å². The molecule has 0 saturated carbocycles. The quantitative estimate of drug-likeness (QED) is 0.744. The van der Waals surface area contributed by atoms with Crippen LogP contribution in [-0.2, 0) is 16.4 Å². The Morgan fingerprint density at radius 2 is 2.05 bits per heavy atom. The van der Waals surface area contributed by atoms with E-state index in [4.69, 9.17) is 0 Å². The van der Waals surface area contributed by atoms with E-state index in [1.165, 1.54) is 19.2 Å². The SMILES string of the molecule is CCc1nc(C(=O)Nc2ccccc2S(=O)(=O)NC)n[nH]1. The number of benzene rings is 1. The first-order chi connectivity index (χ1) is 9.97. The van der Waals surface area contributed by atoms with Gasteiger partial charge < -0.3 is 5.32 Å². The van der Waals surface area contributed by atoms with Gasteiger partial charge in [0.2, 0.25) is 15.8 Å². The van der Waals surface area contributed by atoms with E-state index >= 15 is 0 Å². The van der Waals surface area contributed by atoms with Crippen LogP contribution in [0.2, 0.25) is 0 Å². The fourth-order valence-electron chi connectivity index (χ4n) is 1.65. The Labute approximate surface area is 122 Å². The van der Waals surface area contributed by atoms with Gasteiger partial charge in [-0.1, -0.05) is 19.1 Å². The highest BCUT2D eigenvalue weighted by Gasteiger charge is 2.19. The smallest absolute Gasteiger partial charge is 0.295 e. The Morgan fingerprint density at radius 1 is 1.33 bits per heavy atom.